The Kier molecular flexibility index (Phi) is 3.97. The molecule has 0 spiro atoms. The van der Waals surface area contributed by atoms with E-state index in [1.54, 1.807) is 12.5 Å². The number of hydrogen-bond donors (Lipinski definition) is 2. The number of hydrogen-bond acceptors (Lipinski definition) is 4. The van der Waals surface area contributed by atoms with Gasteiger partial charge in [-0.2, -0.15) is 13.2 Å². The fraction of sp³-hybridized carbons (Fsp3) is 0.438. The number of nitrogens with zero attached hydrogens (tertiary/aromatic N) is 3. The Morgan fingerprint density at radius 3 is 3.04 bits per heavy atom. The first kappa shape index (κ1) is 16.7. The predicted molar refractivity (Wildman–Crippen MR) is 86.6 cm³/mol. The molecule has 1 aliphatic carbocycles. The van der Waals surface area contributed by atoms with Crippen LogP contribution in [0.15, 0.2) is 24.8 Å². The highest BCUT2D eigenvalue weighted by Crippen LogP contribution is 2.34. The first-order valence-electron chi connectivity index (χ1n) is 8.19. The smallest absolute Gasteiger partial charge is 0.422 e. The van der Waals surface area contributed by atoms with Gasteiger partial charge in [0.25, 0.3) is 0 Å². The number of halogens is 3. The molecule has 0 aliphatic heterocycles. The van der Waals surface area contributed by atoms with E-state index < -0.39 is 18.9 Å². The number of amides is 1. The van der Waals surface area contributed by atoms with E-state index in [4.69, 9.17) is 0 Å². The van der Waals surface area contributed by atoms with Gasteiger partial charge in [0.2, 0.25) is 0 Å². The first-order valence-corrected chi connectivity index (χ1v) is 8.19. The highest BCUT2D eigenvalue weighted by Gasteiger charge is 2.32. The molecular formula is C16H16F3N5O2. The predicted octanol–water partition coefficient (Wildman–Crippen LogP) is 3.29. The molecule has 10 heteroatoms. The number of nitrogens with one attached hydrogen (secondary N) is 2. The normalized spacial score (nSPS) is 20.7. The van der Waals surface area contributed by atoms with E-state index in [0.29, 0.717) is 12.8 Å². The van der Waals surface area contributed by atoms with Gasteiger partial charge in [-0.05, 0) is 25.3 Å². The van der Waals surface area contributed by atoms with Crippen LogP contribution in [-0.4, -0.2) is 44.4 Å². The number of aromatic amines is 1. The van der Waals surface area contributed by atoms with Crippen LogP contribution in [0.1, 0.15) is 25.3 Å². The van der Waals surface area contributed by atoms with E-state index in [1.807, 2.05) is 12.3 Å². The number of alkyl halides is 3. The van der Waals surface area contributed by atoms with Crippen molar-refractivity contribution in [3.8, 4) is 0 Å². The highest BCUT2D eigenvalue weighted by molar-refractivity contribution is 6.00. The molecule has 1 fully saturated rings. The lowest BCUT2D eigenvalue weighted by Crippen LogP contribution is -2.35. The lowest BCUT2D eigenvalue weighted by atomic mass is 10.2. The summed E-state index contributed by atoms with van der Waals surface area (Å²) in [6.45, 7) is -1.58. The van der Waals surface area contributed by atoms with Crippen molar-refractivity contribution in [3.05, 3.63) is 24.8 Å². The number of ether oxygens (including phenoxy) is 1. The first-order chi connectivity index (χ1) is 12.4. The monoisotopic (exact) mass is 367 g/mol. The summed E-state index contributed by atoms with van der Waals surface area (Å²) in [7, 11) is 0. The van der Waals surface area contributed by atoms with Gasteiger partial charge in [0.15, 0.2) is 6.61 Å². The van der Waals surface area contributed by atoms with Gasteiger partial charge in [-0.15, -0.1) is 0 Å². The number of H-pyrrole nitrogens is 1. The number of carbonyl (C=O) groups excluding carboxylic acids is 1. The average Bonchev–Trinajstić information content (AvgIpc) is 3.29. The third-order valence-corrected chi connectivity index (χ3v) is 4.61. The van der Waals surface area contributed by atoms with Gasteiger partial charge < -0.3 is 19.6 Å². The minimum Gasteiger partial charge on any atom is -0.440 e. The third-order valence-electron chi connectivity index (χ3n) is 4.61. The average molecular weight is 367 g/mol. The molecule has 26 heavy (non-hydrogen) atoms. The Morgan fingerprint density at radius 2 is 2.23 bits per heavy atom. The molecule has 4 rings (SSSR count). The lowest BCUT2D eigenvalue weighted by Gasteiger charge is -2.16. The number of rotatable bonds is 3. The molecule has 7 nitrogen and oxygen atoms in total. The molecule has 3 heterocycles. The second kappa shape index (κ2) is 6.19. The molecule has 138 valence electrons. The fourth-order valence-corrected chi connectivity index (χ4v) is 3.51. The van der Waals surface area contributed by atoms with Crippen molar-refractivity contribution in [2.45, 2.75) is 37.5 Å². The summed E-state index contributed by atoms with van der Waals surface area (Å²) in [5, 5.41) is 3.47. The maximum Gasteiger partial charge on any atom is 0.422 e. The van der Waals surface area contributed by atoms with E-state index in [1.165, 1.54) is 0 Å². The zero-order valence-electron chi connectivity index (χ0n) is 13.6. The summed E-state index contributed by atoms with van der Waals surface area (Å²) in [6.07, 6.45) is 1.72. The van der Waals surface area contributed by atoms with Crippen LogP contribution < -0.4 is 5.32 Å². The lowest BCUT2D eigenvalue weighted by molar-refractivity contribution is -0.160. The Morgan fingerprint density at radius 1 is 1.38 bits per heavy atom. The Balaban J connectivity index is 1.47. The zero-order valence-corrected chi connectivity index (χ0v) is 13.6. The fourth-order valence-electron chi connectivity index (χ4n) is 3.51. The molecule has 3 aromatic rings. The van der Waals surface area contributed by atoms with Gasteiger partial charge >= 0.3 is 12.3 Å². The molecule has 3 aromatic heterocycles. The molecule has 1 amide bonds. The van der Waals surface area contributed by atoms with E-state index in [0.717, 1.165) is 28.5 Å². The van der Waals surface area contributed by atoms with Gasteiger partial charge in [0.05, 0.1) is 18.0 Å². The second-order valence-corrected chi connectivity index (χ2v) is 6.38. The van der Waals surface area contributed by atoms with E-state index in [2.05, 4.69) is 29.6 Å². The third kappa shape index (κ3) is 3.18. The summed E-state index contributed by atoms with van der Waals surface area (Å²) in [5.41, 5.74) is 2.50. The Hall–Kier alpha value is -2.78. The van der Waals surface area contributed by atoms with Crippen molar-refractivity contribution >= 4 is 28.2 Å². The largest absolute Gasteiger partial charge is 0.440 e. The van der Waals surface area contributed by atoms with Gasteiger partial charge in [0.1, 0.15) is 11.2 Å². The van der Waals surface area contributed by atoms with Crippen LogP contribution in [0.3, 0.4) is 0 Å². The maximum atomic E-state index is 12.1. The van der Waals surface area contributed by atoms with Crippen molar-refractivity contribution in [2.24, 2.45) is 0 Å². The van der Waals surface area contributed by atoms with Crippen LogP contribution >= 0.6 is 0 Å². The SMILES string of the molecule is O=C(NC1CCC(n2cnc3cnc4[nH]ccc4c32)C1)OCC(F)(F)F. The highest BCUT2D eigenvalue weighted by atomic mass is 19.4. The molecule has 1 saturated carbocycles. The minimum atomic E-state index is -4.53. The second-order valence-electron chi connectivity index (χ2n) is 6.38. The molecule has 0 saturated heterocycles. The molecule has 2 N–H and O–H groups in total. The zero-order chi connectivity index (χ0) is 18.3. The van der Waals surface area contributed by atoms with Gasteiger partial charge in [-0.25, -0.2) is 14.8 Å². The number of carbonyl (C=O) groups is 1. The standard InChI is InChI=1S/C16H16F3N5O2/c17-16(18,19)7-26-15(25)23-9-1-2-10(5-9)24-8-22-12-6-21-14-11(13(12)24)3-4-20-14/h3-4,6,8-10H,1-2,5,7H2,(H,20,21)(H,23,25). The van der Waals surface area contributed by atoms with Crippen LogP contribution in [0.4, 0.5) is 18.0 Å². The molecule has 2 atom stereocenters. The number of fused-ring (bicyclic) bond motifs is 3. The van der Waals surface area contributed by atoms with Crippen LogP contribution in [0, 0.1) is 0 Å². The Bertz CT molecular complexity index is 948. The van der Waals surface area contributed by atoms with E-state index >= 15 is 0 Å². The van der Waals surface area contributed by atoms with Crippen molar-refractivity contribution < 1.29 is 22.7 Å². The molecule has 0 aromatic carbocycles. The summed E-state index contributed by atoms with van der Waals surface area (Å²) in [6, 6.07) is 1.79. The van der Waals surface area contributed by atoms with Crippen molar-refractivity contribution in [1.29, 1.82) is 0 Å². The topological polar surface area (TPSA) is 84.8 Å². The van der Waals surface area contributed by atoms with Crippen LogP contribution in [-0.2, 0) is 4.74 Å². The molecule has 0 radical (unpaired) electrons. The van der Waals surface area contributed by atoms with Crippen molar-refractivity contribution in [3.63, 3.8) is 0 Å². The molecular weight excluding hydrogens is 351 g/mol. The number of alkyl carbamates (subject to hydrolysis) is 1. The summed E-state index contributed by atoms with van der Waals surface area (Å²) in [4.78, 5) is 23.3. The van der Waals surface area contributed by atoms with E-state index in [-0.39, 0.29) is 12.1 Å². The van der Waals surface area contributed by atoms with Gasteiger partial charge in [0, 0.05) is 23.7 Å². The number of aromatic nitrogens is 4. The van der Waals surface area contributed by atoms with Crippen LogP contribution in [0.2, 0.25) is 0 Å². The minimum absolute atomic E-state index is 0.0911. The summed E-state index contributed by atoms with van der Waals surface area (Å²) >= 11 is 0. The maximum absolute atomic E-state index is 12.1. The van der Waals surface area contributed by atoms with Gasteiger partial charge in [-0.1, -0.05) is 0 Å². The van der Waals surface area contributed by atoms with Crippen LogP contribution in [0.25, 0.3) is 22.1 Å². The van der Waals surface area contributed by atoms with Gasteiger partial charge in [-0.3, -0.25) is 0 Å². The number of pyridine rings is 1. The summed E-state index contributed by atoms with van der Waals surface area (Å²) < 4.78 is 42.6. The molecule has 1 aliphatic rings. The van der Waals surface area contributed by atoms with Crippen molar-refractivity contribution in [2.75, 3.05) is 6.61 Å². The number of imidazole rings is 1. The molecule has 2 unspecified atom stereocenters. The van der Waals surface area contributed by atoms with E-state index in [9.17, 15) is 18.0 Å². The van der Waals surface area contributed by atoms with Crippen molar-refractivity contribution in [1.82, 2.24) is 24.8 Å². The quantitative estimate of drug-likeness (QED) is 0.744. The van der Waals surface area contributed by atoms with Crippen LogP contribution in [0.5, 0.6) is 0 Å². The Labute approximate surface area is 145 Å². The summed E-state index contributed by atoms with van der Waals surface area (Å²) in [5.74, 6) is 0. The molecule has 0 bridgehead atoms.